The molecule has 0 aliphatic carbocycles. The second kappa shape index (κ2) is 20.6. The molecular weight excluding hydrogens is 760 g/mol. The summed E-state index contributed by atoms with van der Waals surface area (Å²) in [5.41, 5.74) is 15.9. The van der Waals surface area contributed by atoms with E-state index in [-0.39, 0.29) is 11.8 Å². The van der Waals surface area contributed by atoms with Crippen LogP contribution in [0.15, 0.2) is 97.3 Å². The van der Waals surface area contributed by atoms with Crippen LogP contribution >= 0.6 is 0 Å². The zero-order chi connectivity index (χ0) is 42.2. The fourth-order valence-corrected chi connectivity index (χ4v) is 4.57. The summed E-state index contributed by atoms with van der Waals surface area (Å²) in [6, 6.07) is 24.5. The molecule has 0 fully saturated rings. The van der Waals surface area contributed by atoms with Crippen LogP contribution in [0.2, 0.25) is 0 Å². The predicted molar refractivity (Wildman–Crippen MR) is 186 cm³/mol. The Hall–Kier alpha value is -6.83. The number of rotatable bonds is 8. The summed E-state index contributed by atoms with van der Waals surface area (Å²) in [4.78, 5) is 72.0. The van der Waals surface area contributed by atoms with Crippen molar-refractivity contribution in [3.8, 4) is 0 Å². The van der Waals surface area contributed by atoms with E-state index in [1.165, 1.54) is 4.90 Å². The van der Waals surface area contributed by atoms with E-state index >= 15 is 0 Å². The van der Waals surface area contributed by atoms with Gasteiger partial charge in [0.05, 0.1) is 6.42 Å². The Morgan fingerprint density at radius 2 is 1.30 bits per heavy atom. The molecule has 4 aromatic rings. The molecule has 3 aromatic carbocycles. The highest BCUT2D eigenvalue weighted by atomic mass is 19.4. The molecule has 0 radical (unpaired) electrons. The fraction of sp³-hybridized carbons (Fsp3) is 0.194. The number of hydrogen-bond acceptors (Lipinski definition) is 8. The number of carbonyl (C=O) groups excluding carboxylic acids is 3. The van der Waals surface area contributed by atoms with Gasteiger partial charge in [-0.2, -0.15) is 26.3 Å². The highest BCUT2D eigenvalue weighted by molar-refractivity contribution is 6.08. The van der Waals surface area contributed by atoms with Crippen LogP contribution in [0.3, 0.4) is 0 Å². The number of nitrogens with two attached hydrogens (primary N) is 2. The number of primary amides is 1. The van der Waals surface area contributed by atoms with Crippen molar-refractivity contribution in [2.75, 3.05) is 22.9 Å². The van der Waals surface area contributed by atoms with Crippen LogP contribution in [0.25, 0.3) is 0 Å². The van der Waals surface area contributed by atoms with Gasteiger partial charge >= 0.3 is 30.3 Å². The third kappa shape index (κ3) is 14.5. The highest BCUT2D eigenvalue weighted by Crippen LogP contribution is 2.29. The SMILES string of the molecule is NC(=O)c1ccc2c(c1)N(C(=O)Cc1ccncc1)CC2.NCc1cccc(N(CC(=O)O)C(=O)c2ccccc2)c1.O=C(O)C(F)(F)F.O=C(O)C(F)(F)F. The molecule has 7 N–H and O–H groups in total. The molecule has 14 nitrogen and oxygen atoms in total. The predicted octanol–water partition coefficient (Wildman–Crippen LogP) is 4.46. The largest absolute Gasteiger partial charge is 0.490 e. The van der Waals surface area contributed by atoms with E-state index in [0.29, 0.717) is 36.3 Å². The topological polar surface area (TPSA) is 235 Å². The summed E-state index contributed by atoms with van der Waals surface area (Å²) < 4.78 is 63.5. The molecule has 56 heavy (non-hydrogen) atoms. The van der Waals surface area contributed by atoms with Gasteiger partial charge in [0.25, 0.3) is 5.91 Å². The molecule has 2 heterocycles. The maximum atomic E-state index is 12.5. The minimum atomic E-state index is -5.08. The van der Waals surface area contributed by atoms with Gasteiger partial charge in [0, 0.05) is 48.0 Å². The number of benzene rings is 3. The van der Waals surface area contributed by atoms with Crippen LogP contribution in [-0.2, 0) is 38.6 Å². The first-order valence-electron chi connectivity index (χ1n) is 15.8. The van der Waals surface area contributed by atoms with Crippen LogP contribution in [0.4, 0.5) is 37.7 Å². The molecule has 1 aromatic heterocycles. The van der Waals surface area contributed by atoms with Gasteiger partial charge in [0.15, 0.2) is 0 Å². The lowest BCUT2D eigenvalue weighted by atomic mass is 10.1. The van der Waals surface area contributed by atoms with Crippen molar-refractivity contribution in [2.45, 2.75) is 31.7 Å². The summed E-state index contributed by atoms with van der Waals surface area (Å²) in [6.07, 6.45) is -5.70. The number of fused-ring (bicyclic) bond motifs is 1. The Kier molecular flexibility index (Phi) is 16.7. The van der Waals surface area contributed by atoms with Crippen LogP contribution in [-0.4, -0.2) is 81.4 Å². The minimum Gasteiger partial charge on any atom is -0.480 e. The molecule has 0 unspecified atom stereocenters. The Morgan fingerprint density at radius 1 is 0.732 bits per heavy atom. The number of aromatic nitrogens is 1. The number of carboxylic acid groups (broad SMARTS) is 3. The lowest BCUT2D eigenvalue weighted by Gasteiger charge is -2.21. The van der Waals surface area contributed by atoms with E-state index in [2.05, 4.69) is 4.98 Å². The minimum absolute atomic E-state index is 0.0153. The average Bonchev–Trinajstić information content (AvgIpc) is 3.58. The van der Waals surface area contributed by atoms with E-state index in [0.717, 1.165) is 28.8 Å². The van der Waals surface area contributed by atoms with E-state index in [1.807, 2.05) is 24.3 Å². The maximum absolute atomic E-state index is 12.5. The van der Waals surface area contributed by atoms with Crippen molar-refractivity contribution in [3.63, 3.8) is 0 Å². The number of nitrogens with zero attached hydrogens (tertiary/aromatic N) is 3. The quantitative estimate of drug-likeness (QED) is 0.156. The molecule has 0 spiro atoms. The van der Waals surface area contributed by atoms with Crippen molar-refractivity contribution < 1.29 is 70.4 Å². The number of carbonyl (C=O) groups is 6. The number of amides is 3. The first-order chi connectivity index (χ1) is 26.1. The molecule has 20 heteroatoms. The van der Waals surface area contributed by atoms with Gasteiger partial charge in [-0.25, -0.2) is 9.59 Å². The molecule has 0 saturated heterocycles. The molecule has 298 valence electrons. The summed E-state index contributed by atoms with van der Waals surface area (Å²) in [5, 5.41) is 23.3. The highest BCUT2D eigenvalue weighted by Gasteiger charge is 2.39. The molecule has 1 aliphatic rings. The number of aliphatic carboxylic acids is 3. The van der Waals surface area contributed by atoms with Gasteiger partial charge < -0.3 is 31.7 Å². The van der Waals surface area contributed by atoms with Crippen LogP contribution in [0, 0.1) is 0 Å². The van der Waals surface area contributed by atoms with Crippen LogP contribution in [0.5, 0.6) is 0 Å². The van der Waals surface area contributed by atoms with Gasteiger partial charge in [0.2, 0.25) is 11.8 Å². The Balaban J connectivity index is 0.000000291. The van der Waals surface area contributed by atoms with Crippen molar-refractivity contribution >= 4 is 47.0 Å². The number of hydrogen-bond donors (Lipinski definition) is 5. The number of anilines is 2. The standard InChI is InChI=1S/C16H15N3O2.C16H16N2O3.2C2HF3O2/c17-16(21)13-2-1-12-5-8-19(14(12)10-13)15(20)9-11-3-6-18-7-4-11;17-10-12-5-4-8-14(9-12)18(11-15(19)20)16(21)13-6-2-1-3-7-13;2*3-2(4,5)1(6)7/h1-4,6-7,10H,5,8-9H2,(H2,17,21);1-9H,10-11,17H2,(H,19,20);2*(H,6,7). The Labute approximate surface area is 313 Å². The summed E-state index contributed by atoms with van der Waals surface area (Å²) >= 11 is 0. The average molecular weight is 794 g/mol. The second-order valence-corrected chi connectivity index (χ2v) is 11.2. The van der Waals surface area contributed by atoms with Crippen molar-refractivity contribution in [1.82, 2.24) is 4.98 Å². The molecule has 0 atom stereocenters. The van der Waals surface area contributed by atoms with Gasteiger partial charge in [-0.15, -0.1) is 0 Å². The second-order valence-electron chi connectivity index (χ2n) is 11.2. The maximum Gasteiger partial charge on any atom is 0.490 e. The van der Waals surface area contributed by atoms with E-state index in [1.54, 1.807) is 78.0 Å². The van der Waals surface area contributed by atoms with Crippen molar-refractivity contribution in [3.05, 3.63) is 125 Å². The molecule has 1 aliphatic heterocycles. The third-order valence-corrected chi connectivity index (χ3v) is 7.17. The zero-order valence-electron chi connectivity index (χ0n) is 28.8. The zero-order valence-corrected chi connectivity index (χ0v) is 28.8. The lowest BCUT2D eigenvalue weighted by molar-refractivity contribution is -0.193. The van der Waals surface area contributed by atoms with E-state index < -0.39 is 42.7 Å². The van der Waals surface area contributed by atoms with Gasteiger partial charge in [0.1, 0.15) is 6.54 Å². The van der Waals surface area contributed by atoms with Gasteiger partial charge in [-0.1, -0.05) is 36.4 Å². The Morgan fingerprint density at radius 3 is 1.80 bits per heavy atom. The number of alkyl halides is 6. The normalized spacial score (nSPS) is 11.5. The van der Waals surface area contributed by atoms with Crippen molar-refractivity contribution in [2.24, 2.45) is 11.5 Å². The molecular formula is C36H33F6N5O9. The number of pyridine rings is 1. The summed E-state index contributed by atoms with van der Waals surface area (Å²) in [7, 11) is 0. The lowest BCUT2D eigenvalue weighted by Crippen LogP contribution is -2.35. The first-order valence-corrected chi connectivity index (χ1v) is 15.8. The van der Waals surface area contributed by atoms with E-state index in [4.69, 9.17) is 36.4 Å². The fourth-order valence-electron chi connectivity index (χ4n) is 4.57. The molecule has 0 saturated carbocycles. The van der Waals surface area contributed by atoms with Gasteiger partial charge in [-0.3, -0.25) is 29.1 Å². The Bertz CT molecular complexity index is 1970. The molecule has 0 bridgehead atoms. The number of halogens is 6. The summed E-state index contributed by atoms with van der Waals surface area (Å²) in [5.74, 6) is -7.41. The van der Waals surface area contributed by atoms with Crippen LogP contribution < -0.4 is 21.3 Å². The number of carboxylic acids is 3. The first kappa shape index (κ1) is 45.3. The van der Waals surface area contributed by atoms with Crippen molar-refractivity contribution in [1.29, 1.82) is 0 Å². The smallest absolute Gasteiger partial charge is 0.480 e. The van der Waals surface area contributed by atoms with Crippen LogP contribution in [0.1, 0.15) is 37.4 Å². The van der Waals surface area contributed by atoms with Gasteiger partial charge in [-0.05, 0) is 71.6 Å². The summed E-state index contributed by atoms with van der Waals surface area (Å²) in [6.45, 7) is 0.567. The molecule has 5 rings (SSSR count). The third-order valence-electron chi connectivity index (χ3n) is 7.17. The monoisotopic (exact) mass is 793 g/mol. The van der Waals surface area contributed by atoms with E-state index in [9.17, 15) is 45.5 Å². The molecule has 3 amide bonds.